The molecule has 6 nitrogen and oxygen atoms in total. The van der Waals surface area contributed by atoms with E-state index < -0.39 is 6.03 Å². The molecule has 2 amide bonds. The van der Waals surface area contributed by atoms with Crippen LogP contribution in [-0.4, -0.2) is 16.2 Å². The monoisotopic (exact) mass is 380 g/mol. The fourth-order valence-electron chi connectivity index (χ4n) is 3.69. The summed E-state index contributed by atoms with van der Waals surface area (Å²) in [6, 6.07) is 15.1. The van der Waals surface area contributed by atoms with Crippen molar-refractivity contribution in [3.8, 4) is 11.4 Å². The number of hydrogen-bond donors (Lipinski definition) is 2. The Balaban J connectivity index is 1.46. The molecule has 28 heavy (non-hydrogen) atoms. The smallest absolute Gasteiger partial charge is 0.329 e. The van der Waals surface area contributed by atoms with Gasteiger partial charge in [0.2, 0.25) is 5.82 Å². The van der Waals surface area contributed by atoms with Crippen LogP contribution in [-0.2, 0) is 0 Å². The largest absolute Gasteiger partial charge is 0.331 e. The van der Waals surface area contributed by atoms with Crippen molar-refractivity contribution in [1.82, 2.24) is 15.5 Å². The quantitative estimate of drug-likeness (QED) is 0.658. The first-order valence-electron chi connectivity index (χ1n) is 9.41. The molecule has 1 fully saturated rings. The molecular formula is C21H21FN4O2. The zero-order valence-electron chi connectivity index (χ0n) is 15.3. The summed E-state index contributed by atoms with van der Waals surface area (Å²) in [5, 5.41) is 9.49. The van der Waals surface area contributed by atoms with Crippen molar-refractivity contribution in [2.45, 2.75) is 31.7 Å². The molecule has 1 aliphatic carbocycles. The van der Waals surface area contributed by atoms with Crippen molar-refractivity contribution < 1.29 is 13.7 Å². The average molecular weight is 380 g/mol. The van der Waals surface area contributed by atoms with Gasteiger partial charge in [-0.3, -0.25) is 5.32 Å². The van der Waals surface area contributed by atoms with E-state index in [0.29, 0.717) is 11.7 Å². The number of halogens is 1. The summed E-state index contributed by atoms with van der Waals surface area (Å²) >= 11 is 0. The Kier molecular flexibility index (Phi) is 5.32. The number of nitrogens with zero attached hydrogens (tertiary/aromatic N) is 2. The van der Waals surface area contributed by atoms with Gasteiger partial charge in [-0.25, -0.2) is 9.18 Å². The van der Waals surface area contributed by atoms with Crippen molar-refractivity contribution >= 4 is 12.0 Å². The lowest BCUT2D eigenvalue weighted by Crippen LogP contribution is -2.36. The summed E-state index contributed by atoms with van der Waals surface area (Å²) < 4.78 is 18.4. The maximum Gasteiger partial charge on any atom is 0.329 e. The van der Waals surface area contributed by atoms with Gasteiger partial charge in [0.1, 0.15) is 5.82 Å². The Labute approximate surface area is 162 Å². The molecule has 0 aliphatic heterocycles. The molecule has 0 bridgehead atoms. The first-order chi connectivity index (χ1) is 13.7. The number of rotatable bonds is 5. The molecule has 3 aromatic rings. The van der Waals surface area contributed by atoms with Crippen molar-refractivity contribution in [3.63, 3.8) is 0 Å². The number of amides is 2. The third kappa shape index (κ3) is 4.19. The van der Waals surface area contributed by atoms with Crippen LogP contribution >= 0.6 is 0 Å². The fourth-order valence-corrected chi connectivity index (χ4v) is 3.69. The van der Waals surface area contributed by atoms with Crippen LogP contribution in [0.5, 0.6) is 0 Å². The number of nitrogens with one attached hydrogen (secondary N) is 2. The molecule has 0 radical (unpaired) electrons. The van der Waals surface area contributed by atoms with Crippen LogP contribution in [0, 0.1) is 11.7 Å². The molecule has 144 valence electrons. The topological polar surface area (TPSA) is 80.1 Å². The predicted octanol–water partition coefficient (Wildman–Crippen LogP) is 4.93. The molecule has 1 unspecified atom stereocenters. The lowest BCUT2D eigenvalue weighted by molar-refractivity contribution is 0.241. The van der Waals surface area contributed by atoms with Gasteiger partial charge >= 0.3 is 12.0 Å². The van der Waals surface area contributed by atoms with Crippen molar-refractivity contribution in [2.75, 3.05) is 5.32 Å². The zero-order chi connectivity index (χ0) is 19.3. The average Bonchev–Trinajstić information content (AvgIpc) is 3.40. The number of benzene rings is 2. The molecule has 1 saturated carbocycles. The number of hydrogen-bond acceptors (Lipinski definition) is 4. The minimum Gasteiger partial charge on any atom is -0.331 e. The van der Waals surface area contributed by atoms with E-state index >= 15 is 0 Å². The highest BCUT2D eigenvalue weighted by Crippen LogP contribution is 2.35. The molecule has 1 aromatic heterocycles. The number of urea groups is 1. The van der Waals surface area contributed by atoms with E-state index in [4.69, 9.17) is 4.52 Å². The van der Waals surface area contributed by atoms with Crippen LogP contribution in [0.1, 0.15) is 37.3 Å². The van der Waals surface area contributed by atoms with Gasteiger partial charge in [0.05, 0.1) is 6.04 Å². The second-order valence-electron chi connectivity index (χ2n) is 6.96. The zero-order valence-corrected chi connectivity index (χ0v) is 15.3. The summed E-state index contributed by atoms with van der Waals surface area (Å²) in [5.41, 5.74) is 1.69. The van der Waals surface area contributed by atoms with E-state index in [1.54, 1.807) is 12.1 Å². The highest BCUT2D eigenvalue weighted by molar-refractivity contribution is 5.87. The Morgan fingerprint density at radius 2 is 1.79 bits per heavy atom. The molecular weight excluding hydrogens is 359 g/mol. The lowest BCUT2D eigenvalue weighted by atomic mass is 9.92. The predicted molar refractivity (Wildman–Crippen MR) is 103 cm³/mol. The SMILES string of the molecule is O=C(Nc1nc(-c2ccccc2)no1)NC(c1ccc(F)cc1)C1CCCC1. The van der Waals surface area contributed by atoms with E-state index in [1.165, 1.54) is 12.1 Å². The van der Waals surface area contributed by atoms with E-state index in [2.05, 4.69) is 20.8 Å². The number of carbonyl (C=O) groups excluding carboxylic acids is 1. The van der Waals surface area contributed by atoms with E-state index in [1.807, 2.05) is 30.3 Å². The third-order valence-electron chi connectivity index (χ3n) is 5.07. The first kappa shape index (κ1) is 18.2. The second kappa shape index (κ2) is 8.21. The van der Waals surface area contributed by atoms with E-state index in [-0.39, 0.29) is 17.9 Å². The molecule has 1 atom stereocenters. The minimum absolute atomic E-state index is 0.0284. The maximum absolute atomic E-state index is 13.3. The number of aromatic nitrogens is 2. The highest BCUT2D eigenvalue weighted by Gasteiger charge is 2.28. The van der Waals surface area contributed by atoms with Gasteiger partial charge in [0, 0.05) is 5.56 Å². The van der Waals surface area contributed by atoms with Gasteiger partial charge in [0.25, 0.3) is 0 Å². The summed E-state index contributed by atoms with van der Waals surface area (Å²) in [6.45, 7) is 0. The van der Waals surface area contributed by atoms with Gasteiger partial charge in [-0.2, -0.15) is 4.98 Å². The van der Waals surface area contributed by atoms with Crippen LogP contribution in [0.2, 0.25) is 0 Å². The summed E-state index contributed by atoms with van der Waals surface area (Å²) in [6.07, 6.45) is 4.33. The number of anilines is 1. The van der Waals surface area contributed by atoms with Gasteiger partial charge in [-0.1, -0.05) is 60.5 Å². The molecule has 2 aromatic carbocycles. The Bertz CT molecular complexity index is 921. The molecule has 7 heteroatoms. The Morgan fingerprint density at radius 1 is 1.07 bits per heavy atom. The standard InChI is InChI=1S/C21H21FN4O2/c22-17-12-10-15(11-13-17)18(14-6-4-5-7-14)23-20(27)25-21-24-19(26-28-21)16-8-2-1-3-9-16/h1-3,8-14,18H,4-7H2,(H2,23,24,25,26,27). The van der Waals surface area contributed by atoms with Gasteiger partial charge in [0.15, 0.2) is 0 Å². The van der Waals surface area contributed by atoms with Crippen LogP contribution in [0.25, 0.3) is 11.4 Å². The van der Waals surface area contributed by atoms with Crippen LogP contribution in [0.15, 0.2) is 59.1 Å². The number of carbonyl (C=O) groups is 1. The molecule has 2 N–H and O–H groups in total. The van der Waals surface area contributed by atoms with Gasteiger partial charge < -0.3 is 9.84 Å². The molecule has 0 saturated heterocycles. The first-order valence-corrected chi connectivity index (χ1v) is 9.41. The van der Waals surface area contributed by atoms with Crippen molar-refractivity contribution in [1.29, 1.82) is 0 Å². The fraction of sp³-hybridized carbons (Fsp3) is 0.286. The van der Waals surface area contributed by atoms with Crippen molar-refractivity contribution in [3.05, 3.63) is 66.0 Å². The minimum atomic E-state index is -0.426. The lowest BCUT2D eigenvalue weighted by Gasteiger charge is -2.25. The third-order valence-corrected chi connectivity index (χ3v) is 5.07. The summed E-state index contributed by atoms with van der Waals surface area (Å²) in [5.74, 6) is 0.429. The normalized spacial score (nSPS) is 15.3. The van der Waals surface area contributed by atoms with E-state index in [0.717, 1.165) is 36.8 Å². The second-order valence-corrected chi connectivity index (χ2v) is 6.96. The highest BCUT2D eigenvalue weighted by atomic mass is 19.1. The Hall–Kier alpha value is -3.22. The summed E-state index contributed by atoms with van der Waals surface area (Å²) in [4.78, 5) is 16.8. The molecule has 1 aliphatic rings. The maximum atomic E-state index is 13.3. The van der Waals surface area contributed by atoms with E-state index in [9.17, 15) is 9.18 Å². The van der Waals surface area contributed by atoms with Gasteiger partial charge in [-0.15, -0.1) is 0 Å². The van der Waals surface area contributed by atoms with Crippen molar-refractivity contribution in [2.24, 2.45) is 5.92 Å². The van der Waals surface area contributed by atoms with Crippen LogP contribution in [0.3, 0.4) is 0 Å². The molecule has 4 rings (SSSR count). The molecule has 1 heterocycles. The van der Waals surface area contributed by atoms with Gasteiger partial charge in [-0.05, 0) is 36.5 Å². The Morgan fingerprint density at radius 3 is 2.50 bits per heavy atom. The van der Waals surface area contributed by atoms with Crippen LogP contribution < -0.4 is 10.6 Å². The van der Waals surface area contributed by atoms with Crippen LogP contribution in [0.4, 0.5) is 15.2 Å². The summed E-state index contributed by atoms with van der Waals surface area (Å²) in [7, 11) is 0. The molecule has 0 spiro atoms.